The van der Waals surface area contributed by atoms with Crippen LogP contribution in [0.15, 0.2) is 28.3 Å². The van der Waals surface area contributed by atoms with E-state index in [0.29, 0.717) is 42.7 Å². The highest BCUT2D eigenvalue weighted by molar-refractivity contribution is 7.99. The molecule has 0 unspecified atom stereocenters. The second-order valence-corrected chi connectivity index (χ2v) is 11.9. The Bertz CT molecular complexity index is 1130. The third-order valence-electron chi connectivity index (χ3n) is 6.18. The van der Waals surface area contributed by atoms with Crippen molar-refractivity contribution in [2.45, 2.75) is 62.7 Å². The highest BCUT2D eigenvalue weighted by Crippen LogP contribution is 2.27. The lowest BCUT2D eigenvalue weighted by Gasteiger charge is -2.26. The second kappa shape index (κ2) is 13.0. The molecular formula is C24H38N6O4S2. The van der Waals surface area contributed by atoms with Crippen LogP contribution in [0, 0.1) is 6.92 Å². The van der Waals surface area contributed by atoms with Gasteiger partial charge in [0.25, 0.3) is 0 Å². The largest absolute Gasteiger partial charge is 0.379 e. The van der Waals surface area contributed by atoms with Crippen molar-refractivity contribution >= 4 is 33.4 Å². The van der Waals surface area contributed by atoms with Crippen LogP contribution in [0.25, 0.3) is 0 Å². The number of hydrogen-bond donors (Lipinski definition) is 1. The van der Waals surface area contributed by atoms with Crippen molar-refractivity contribution in [1.29, 1.82) is 0 Å². The number of rotatable bonds is 12. The van der Waals surface area contributed by atoms with Crippen molar-refractivity contribution in [2.24, 2.45) is 0 Å². The lowest BCUT2D eigenvalue weighted by atomic mass is 10.2. The SMILES string of the molecule is CCCCn1c(SCC(=O)Nc2ccc(C)c(S(=O)(=O)N3CCOCC3)c2)nnc1[C@@H](CC)N(C)C. The van der Waals surface area contributed by atoms with Crippen LogP contribution >= 0.6 is 11.8 Å². The van der Waals surface area contributed by atoms with Crippen LogP contribution in [0.2, 0.25) is 0 Å². The Balaban J connectivity index is 1.71. The minimum atomic E-state index is -3.66. The smallest absolute Gasteiger partial charge is 0.243 e. The number of morpholine rings is 1. The molecule has 1 aliphatic rings. The molecule has 1 amide bonds. The van der Waals surface area contributed by atoms with E-state index in [4.69, 9.17) is 4.74 Å². The number of amides is 1. The maximum atomic E-state index is 13.1. The number of anilines is 1. The summed E-state index contributed by atoms with van der Waals surface area (Å²) in [6, 6.07) is 5.13. The molecule has 36 heavy (non-hydrogen) atoms. The molecular weight excluding hydrogens is 500 g/mol. The summed E-state index contributed by atoms with van der Waals surface area (Å²) in [5.41, 5.74) is 1.08. The van der Waals surface area contributed by atoms with E-state index in [1.807, 2.05) is 14.1 Å². The molecule has 2 aromatic rings. The van der Waals surface area contributed by atoms with Crippen molar-refractivity contribution in [2.75, 3.05) is 51.5 Å². The van der Waals surface area contributed by atoms with Crippen LogP contribution in [0.3, 0.4) is 0 Å². The van der Waals surface area contributed by atoms with Gasteiger partial charge in [0.05, 0.1) is 29.9 Å². The molecule has 0 aliphatic carbocycles. The van der Waals surface area contributed by atoms with Crippen molar-refractivity contribution in [3.05, 3.63) is 29.6 Å². The number of hydrogen-bond acceptors (Lipinski definition) is 8. The molecule has 10 nitrogen and oxygen atoms in total. The Kier molecular flexibility index (Phi) is 10.3. The van der Waals surface area contributed by atoms with Gasteiger partial charge in [-0.25, -0.2) is 8.42 Å². The molecule has 0 spiro atoms. The van der Waals surface area contributed by atoms with E-state index >= 15 is 0 Å². The van der Waals surface area contributed by atoms with E-state index in [-0.39, 0.29) is 22.6 Å². The topological polar surface area (TPSA) is 110 Å². The Morgan fingerprint density at radius 3 is 2.58 bits per heavy atom. The number of ether oxygens (including phenoxy) is 1. The van der Waals surface area contributed by atoms with Crippen LogP contribution in [0.5, 0.6) is 0 Å². The molecule has 1 aliphatic heterocycles. The molecule has 0 radical (unpaired) electrons. The first-order valence-electron chi connectivity index (χ1n) is 12.4. The van der Waals surface area contributed by atoms with Gasteiger partial charge >= 0.3 is 0 Å². The second-order valence-electron chi connectivity index (χ2n) is 9.07. The van der Waals surface area contributed by atoms with Crippen molar-refractivity contribution in [1.82, 2.24) is 24.0 Å². The zero-order valence-corrected chi connectivity index (χ0v) is 23.5. The predicted molar refractivity (Wildman–Crippen MR) is 142 cm³/mol. The van der Waals surface area contributed by atoms with Gasteiger partial charge < -0.3 is 14.6 Å². The average Bonchev–Trinajstić information content (AvgIpc) is 3.25. The molecule has 3 rings (SSSR count). The number of sulfonamides is 1. The Morgan fingerprint density at radius 2 is 1.94 bits per heavy atom. The predicted octanol–water partition coefficient (Wildman–Crippen LogP) is 3.15. The fraction of sp³-hybridized carbons (Fsp3) is 0.625. The molecule has 2 heterocycles. The van der Waals surface area contributed by atoms with Gasteiger partial charge in [0.1, 0.15) is 0 Å². The van der Waals surface area contributed by atoms with E-state index < -0.39 is 10.0 Å². The van der Waals surface area contributed by atoms with E-state index in [9.17, 15) is 13.2 Å². The number of benzene rings is 1. The number of thioether (sulfide) groups is 1. The molecule has 1 N–H and O–H groups in total. The molecule has 0 saturated carbocycles. The maximum absolute atomic E-state index is 13.1. The lowest BCUT2D eigenvalue weighted by Crippen LogP contribution is -2.40. The van der Waals surface area contributed by atoms with Crippen molar-refractivity contribution in [3.63, 3.8) is 0 Å². The number of carbonyl (C=O) groups is 1. The van der Waals surface area contributed by atoms with Gasteiger partial charge in [-0.05, 0) is 51.6 Å². The number of aromatic nitrogens is 3. The first-order chi connectivity index (χ1) is 17.2. The molecule has 12 heteroatoms. The first-order valence-corrected chi connectivity index (χ1v) is 14.8. The Hall–Kier alpha value is -1.99. The minimum Gasteiger partial charge on any atom is -0.379 e. The number of aryl methyl sites for hydroxylation is 1. The van der Waals surface area contributed by atoms with Gasteiger partial charge in [0, 0.05) is 25.3 Å². The zero-order chi connectivity index (χ0) is 26.3. The molecule has 200 valence electrons. The van der Waals surface area contributed by atoms with Crippen molar-refractivity contribution in [3.8, 4) is 0 Å². The standard InChI is InChI=1S/C24H38N6O4S2/c1-6-8-11-30-23(20(7-2)28(4)5)26-27-24(30)35-17-22(31)25-19-10-9-18(3)21(16-19)36(32,33)29-12-14-34-15-13-29/h9-10,16,20H,6-8,11-15,17H2,1-5H3,(H,25,31)/t20-/m1/s1. The normalized spacial score (nSPS) is 15.8. The van der Waals surface area contributed by atoms with Gasteiger partial charge in [-0.15, -0.1) is 10.2 Å². The number of unbranched alkanes of at least 4 members (excludes halogenated alkanes) is 1. The summed E-state index contributed by atoms with van der Waals surface area (Å²) >= 11 is 1.34. The quantitative estimate of drug-likeness (QED) is 0.411. The summed E-state index contributed by atoms with van der Waals surface area (Å²) in [5, 5.41) is 12.4. The highest BCUT2D eigenvalue weighted by atomic mass is 32.2. The molecule has 1 aromatic carbocycles. The third-order valence-corrected chi connectivity index (χ3v) is 9.19. The Morgan fingerprint density at radius 1 is 1.22 bits per heavy atom. The molecule has 1 saturated heterocycles. The maximum Gasteiger partial charge on any atom is 0.243 e. The summed E-state index contributed by atoms with van der Waals surface area (Å²) in [4.78, 5) is 15.1. The molecule has 1 atom stereocenters. The monoisotopic (exact) mass is 538 g/mol. The van der Waals surface area contributed by atoms with Crippen LogP contribution < -0.4 is 5.32 Å². The molecule has 0 bridgehead atoms. The molecule has 1 fully saturated rings. The summed E-state index contributed by atoms with van der Waals surface area (Å²) < 4.78 is 35.1. The molecule has 1 aromatic heterocycles. The fourth-order valence-electron chi connectivity index (χ4n) is 4.17. The lowest BCUT2D eigenvalue weighted by molar-refractivity contribution is -0.113. The van der Waals surface area contributed by atoms with Crippen LogP contribution in [0.4, 0.5) is 5.69 Å². The highest BCUT2D eigenvalue weighted by Gasteiger charge is 2.28. The first kappa shape index (κ1) is 28.6. The third kappa shape index (κ3) is 6.86. The van der Waals surface area contributed by atoms with Crippen LogP contribution in [-0.4, -0.2) is 84.4 Å². The van der Waals surface area contributed by atoms with E-state index in [1.54, 1.807) is 19.1 Å². The van der Waals surface area contributed by atoms with Gasteiger partial charge in [0.2, 0.25) is 15.9 Å². The summed E-state index contributed by atoms with van der Waals surface area (Å²) in [6.07, 6.45) is 2.95. The fourth-order valence-corrected chi connectivity index (χ4v) is 6.60. The van der Waals surface area contributed by atoms with Crippen LogP contribution in [-0.2, 0) is 26.1 Å². The average molecular weight is 539 g/mol. The minimum absolute atomic E-state index is 0.141. The van der Waals surface area contributed by atoms with Gasteiger partial charge in [0.15, 0.2) is 11.0 Å². The Labute approximate surface area is 218 Å². The van der Waals surface area contributed by atoms with Crippen LogP contribution in [0.1, 0.15) is 50.5 Å². The number of carbonyl (C=O) groups excluding carboxylic acids is 1. The van der Waals surface area contributed by atoms with E-state index in [0.717, 1.165) is 31.6 Å². The summed E-state index contributed by atoms with van der Waals surface area (Å²) in [5.74, 6) is 0.822. The number of nitrogens with zero attached hydrogens (tertiary/aromatic N) is 5. The van der Waals surface area contributed by atoms with Crippen molar-refractivity contribution < 1.29 is 17.9 Å². The van der Waals surface area contributed by atoms with Gasteiger partial charge in [-0.2, -0.15) is 4.31 Å². The van der Waals surface area contributed by atoms with Gasteiger partial charge in [-0.3, -0.25) is 9.69 Å². The summed E-state index contributed by atoms with van der Waals surface area (Å²) in [7, 11) is 0.396. The summed E-state index contributed by atoms with van der Waals surface area (Å²) in [6.45, 7) is 8.22. The van der Waals surface area contributed by atoms with E-state index in [2.05, 4.69) is 38.8 Å². The zero-order valence-electron chi connectivity index (χ0n) is 21.9. The van der Waals surface area contributed by atoms with Gasteiger partial charge in [-0.1, -0.05) is 38.1 Å². The number of nitrogens with one attached hydrogen (secondary N) is 1. The van der Waals surface area contributed by atoms with E-state index in [1.165, 1.54) is 22.1 Å².